The van der Waals surface area contributed by atoms with Gasteiger partial charge in [0.1, 0.15) is 11.8 Å². The van der Waals surface area contributed by atoms with Crippen LogP contribution in [-0.4, -0.2) is 39.9 Å². The van der Waals surface area contributed by atoms with Gasteiger partial charge in [0.15, 0.2) is 5.69 Å². The van der Waals surface area contributed by atoms with Gasteiger partial charge in [-0.05, 0) is 13.0 Å². The molecule has 132 valence electrons. The first-order chi connectivity index (χ1) is 12.4. The number of carbonyl (C=O) groups is 2. The molecular weight excluding hydrogens is 342 g/mol. The molecule has 10 heteroatoms. The van der Waals surface area contributed by atoms with Crippen molar-refractivity contribution >= 4 is 23.2 Å². The number of nitrogens with zero attached hydrogens (tertiary/aromatic N) is 4. The van der Waals surface area contributed by atoms with Gasteiger partial charge < -0.3 is 14.7 Å². The molecule has 1 saturated heterocycles. The van der Waals surface area contributed by atoms with Gasteiger partial charge >= 0.3 is 0 Å². The van der Waals surface area contributed by atoms with Crippen LogP contribution in [0.1, 0.15) is 21.8 Å². The van der Waals surface area contributed by atoms with Crippen molar-refractivity contribution < 1.29 is 19.0 Å². The Balaban J connectivity index is 1.61. The van der Waals surface area contributed by atoms with Crippen molar-refractivity contribution in [3.63, 3.8) is 0 Å². The van der Waals surface area contributed by atoms with Crippen molar-refractivity contribution in [2.45, 2.75) is 6.92 Å². The molecule has 2 heterocycles. The standard InChI is InChI=1S/C16H13N5O5/c1-9-4-14(19-26-9)16(23)20-7-11(8-20)15(22)18-13-3-2-12(21(24)25)5-10(13)6-17/h2-5,11H,7-8H2,1H3,(H,18,22). The van der Waals surface area contributed by atoms with Gasteiger partial charge in [0.05, 0.1) is 22.1 Å². The molecule has 0 spiro atoms. The lowest BCUT2D eigenvalue weighted by atomic mass is 9.98. The molecule has 1 fully saturated rings. The van der Waals surface area contributed by atoms with Crippen LogP contribution in [0.15, 0.2) is 28.8 Å². The summed E-state index contributed by atoms with van der Waals surface area (Å²) < 4.78 is 4.85. The Morgan fingerprint density at radius 2 is 2.15 bits per heavy atom. The summed E-state index contributed by atoms with van der Waals surface area (Å²) in [6, 6.07) is 6.96. The van der Waals surface area contributed by atoms with E-state index in [-0.39, 0.29) is 47.5 Å². The Labute approximate surface area is 147 Å². The van der Waals surface area contributed by atoms with Gasteiger partial charge in [-0.2, -0.15) is 5.26 Å². The van der Waals surface area contributed by atoms with E-state index in [9.17, 15) is 19.7 Å². The predicted molar refractivity (Wildman–Crippen MR) is 87.1 cm³/mol. The number of non-ortho nitro benzene ring substituents is 1. The first-order valence-electron chi connectivity index (χ1n) is 7.61. The smallest absolute Gasteiger partial charge is 0.276 e. The molecule has 1 aromatic heterocycles. The second kappa shape index (κ2) is 6.64. The lowest BCUT2D eigenvalue weighted by Crippen LogP contribution is -2.54. The summed E-state index contributed by atoms with van der Waals surface area (Å²) in [5.74, 6) is -0.603. The van der Waals surface area contributed by atoms with Gasteiger partial charge in [0.25, 0.3) is 11.6 Å². The van der Waals surface area contributed by atoms with E-state index in [0.29, 0.717) is 5.76 Å². The van der Waals surface area contributed by atoms with Crippen LogP contribution in [0.5, 0.6) is 0 Å². The topological polar surface area (TPSA) is 142 Å². The normalized spacial score (nSPS) is 13.6. The van der Waals surface area contributed by atoms with Crippen molar-refractivity contribution in [1.29, 1.82) is 5.26 Å². The van der Waals surface area contributed by atoms with Gasteiger partial charge in [-0.25, -0.2) is 0 Å². The first kappa shape index (κ1) is 17.1. The van der Waals surface area contributed by atoms with Crippen LogP contribution in [0.3, 0.4) is 0 Å². The third kappa shape index (κ3) is 3.23. The van der Waals surface area contributed by atoms with E-state index in [1.165, 1.54) is 23.1 Å². The Kier molecular flexibility index (Phi) is 4.36. The third-order valence-electron chi connectivity index (χ3n) is 3.98. The molecule has 0 unspecified atom stereocenters. The number of nitro benzene ring substituents is 1. The fourth-order valence-corrected chi connectivity index (χ4v) is 2.52. The number of rotatable bonds is 4. The number of nitriles is 1. The lowest BCUT2D eigenvalue weighted by Gasteiger charge is -2.37. The SMILES string of the molecule is Cc1cc(C(=O)N2CC(C(=O)Nc3ccc([N+](=O)[O-])cc3C#N)C2)no1. The van der Waals surface area contributed by atoms with E-state index in [0.717, 1.165) is 6.07 Å². The highest BCUT2D eigenvalue weighted by Crippen LogP contribution is 2.24. The summed E-state index contributed by atoms with van der Waals surface area (Å²) in [7, 11) is 0. The third-order valence-corrected chi connectivity index (χ3v) is 3.98. The van der Waals surface area contributed by atoms with E-state index in [1.54, 1.807) is 6.92 Å². The predicted octanol–water partition coefficient (Wildman–Crippen LogP) is 1.47. The molecule has 3 rings (SSSR count). The number of aryl methyl sites for hydroxylation is 1. The Morgan fingerprint density at radius 1 is 1.42 bits per heavy atom. The summed E-state index contributed by atoms with van der Waals surface area (Å²) in [6.45, 7) is 2.10. The quantitative estimate of drug-likeness (QED) is 0.646. The maximum atomic E-state index is 12.3. The van der Waals surface area contributed by atoms with Crippen LogP contribution in [-0.2, 0) is 4.79 Å². The van der Waals surface area contributed by atoms with Crippen LogP contribution < -0.4 is 5.32 Å². The molecule has 0 radical (unpaired) electrons. The molecule has 1 aliphatic heterocycles. The molecule has 2 aromatic rings. The van der Waals surface area contributed by atoms with Crippen LogP contribution in [0.4, 0.5) is 11.4 Å². The first-order valence-corrected chi connectivity index (χ1v) is 7.61. The number of aromatic nitrogens is 1. The molecule has 0 atom stereocenters. The van der Waals surface area contributed by atoms with E-state index in [4.69, 9.17) is 9.78 Å². The summed E-state index contributed by atoms with van der Waals surface area (Å²) in [6.07, 6.45) is 0. The molecule has 10 nitrogen and oxygen atoms in total. The van der Waals surface area contributed by atoms with Crippen molar-refractivity contribution in [3.8, 4) is 6.07 Å². The number of benzene rings is 1. The van der Waals surface area contributed by atoms with Crippen molar-refractivity contribution in [2.75, 3.05) is 18.4 Å². The fourth-order valence-electron chi connectivity index (χ4n) is 2.52. The van der Waals surface area contributed by atoms with E-state index in [2.05, 4.69) is 10.5 Å². The number of hydrogen-bond donors (Lipinski definition) is 1. The average molecular weight is 355 g/mol. The zero-order valence-electron chi connectivity index (χ0n) is 13.6. The highest BCUT2D eigenvalue weighted by molar-refractivity contribution is 5.98. The maximum absolute atomic E-state index is 12.3. The highest BCUT2D eigenvalue weighted by Gasteiger charge is 2.37. The monoisotopic (exact) mass is 355 g/mol. The molecular formula is C16H13N5O5. The second-order valence-corrected chi connectivity index (χ2v) is 5.82. The van der Waals surface area contributed by atoms with E-state index in [1.807, 2.05) is 6.07 Å². The zero-order chi connectivity index (χ0) is 18.8. The minimum absolute atomic E-state index is 0.00196. The molecule has 2 amide bonds. The molecule has 1 N–H and O–H groups in total. The minimum atomic E-state index is -0.618. The Morgan fingerprint density at radius 3 is 2.73 bits per heavy atom. The molecule has 0 bridgehead atoms. The number of nitro groups is 1. The molecule has 1 aromatic carbocycles. The minimum Gasteiger partial charge on any atom is -0.361 e. The van der Waals surface area contributed by atoms with Gasteiger partial charge in [-0.3, -0.25) is 19.7 Å². The van der Waals surface area contributed by atoms with Crippen molar-refractivity contribution in [2.24, 2.45) is 5.92 Å². The molecule has 0 aliphatic carbocycles. The zero-order valence-corrected chi connectivity index (χ0v) is 13.6. The maximum Gasteiger partial charge on any atom is 0.276 e. The average Bonchev–Trinajstić information content (AvgIpc) is 3.00. The Hall–Kier alpha value is -3.74. The molecule has 0 saturated carbocycles. The summed E-state index contributed by atoms with van der Waals surface area (Å²) in [5.41, 5.74) is 0.143. The summed E-state index contributed by atoms with van der Waals surface area (Å²) >= 11 is 0. The van der Waals surface area contributed by atoms with Gasteiger partial charge in [-0.15, -0.1) is 0 Å². The van der Waals surface area contributed by atoms with Crippen LogP contribution in [0.2, 0.25) is 0 Å². The summed E-state index contributed by atoms with van der Waals surface area (Å²) in [4.78, 5) is 36.0. The van der Waals surface area contributed by atoms with Gasteiger partial charge in [0.2, 0.25) is 5.91 Å². The fraction of sp³-hybridized carbons (Fsp3) is 0.250. The second-order valence-electron chi connectivity index (χ2n) is 5.82. The summed E-state index contributed by atoms with van der Waals surface area (Å²) in [5, 5.41) is 26.1. The number of hydrogen-bond acceptors (Lipinski definition) is 7. The Bertz CT molecular complexity index is 939. The van der Waals surface area contributed by atoms with E-state index >= 15 is 0 Å². The van der Waals surface area contributed by atoms with Crippen molar-refractivity contribution in [3.05, 3.63) is 51.4 Å². The van der Waals surface area contributed by atoms with Crippen molar-refractivity contribution in [1.82, 2.24) is 10.1 Å². The number of likely N-dealkylation sites (tertiary alicyclic amines) is 1. The molecule has 1 aliphatic rings. The van der Waals surface area contributed by atoms with Crippen LogP contribution >= 0.6 is 0 Å². The molecule has 26 heavy (non-hydrogen) atoms. The van der Waals surface area contributed by atoms with Crippen LogP contribution in [0, 0.1) is 34.3 Å². The number of carbonyl (C=O) groups excluding carboxylic acids is 2. The highest BCUT2D eigenvalue weighted by atomic mass is 16.6. The van der Waals surface area contributed by atoms with Gasteiger partial charge in [0, 0.05) is 31.3 Å². The lowest BCUT2D eigenvalue weighted by molar-refractivity contribution is -0.384. The number of nitrogens with one attached hydrogen (secondary N) is 1. The van der Waals surface area contributed by atoms with Gasteiger partial charge in [-0.1, -0.05) is 5.16 Å². The van der Waals surface area contributed by atoms with E-state index < -0.39 is 10.8 Å². The number of anilines is 1. The number of amides is 2. The largest absolute Gasteiger partial charge is 0.361 e. The van der Waals surface area contributed by atoms with Crippen LogP contribution in [0.25, 0.3) is 0 Å².